The number of hydrogen-bond donors (Lipinski definition) is 3. The Labute approximate surface area is 124 Å². The van der Waals surface area contributed by atoms with Gasteiger partial charge in [-0.2, -0.15) is 0 Å². The molecule has 0 aliphatic heterocycles. The Morgan fingerprint density at radius 3 is 2.48 bits per heavy atom. The van der Waals surface area contributed by atoms with E-state index < -0.39 is 12.0 Å². The summed E-state index contributed by atoms with van der Waals surface area (Å²) < 4.78 is 0. The molecule has 2 aromatic rings. The minimum atomic E-state index is -0.879. The highest BCUT2D eigenvalue weighted by Gasteiger charge is 2.17. The van der Waals surface area contributed by atoms with Crippen LogP contribution >= 0.6 is 0 Å². The second kappa shape index (κ2) is 6.90. The zero-order valence-electron chi connectivity index (χ0n) is 11.9. The third-order valence-corrected chi connectivity index (χ3v) is 3.31. The second-order valence-electron chi connectivity index (χ2n) is 5.13. The second-order valence-corrected chi connectivity index (χ2v) is 5.13. The van der Waals surface area contributed by atoms with Gasteiger partial charge in [0.1, 0.15) is 11.8 Å². The molecule has 21 heavy (non-hydrogen) atoms. The van der Waals surface area contributed by atoms with Crippen LogP contribution in [-0.2, 0) is 17.8 Å². The van der Waals surface area contributed by atoms with Crippen molar-refractivity contribution in [1.82, 2.24) is 5.32 Å². The van der Waals surface area contributed by atoms with Gasteiger partial charge in [0.05, 0.1) is 0 Å². The summed E-state index contributed by atoms with van der Waals surface area (Å²) in [6.45, 7) is 2.52. The van der Waals surface area contributed by atoms with Crippen molar-refractivity contribution in [3.8, 4) is 5.75 Å². The monoisotopic (exact) mass is 285 g/mol. The molecule has 0 aliphatic rings. The van der Waals surface area contributed by atoms with E-state index in [9.17, 15) is 15.0 Å². The van der Waals surface area contributed by atoms with Crippen molar-refractivity contribution in [3.05, 3.63) is 65.2 Å². The number of phenols is 1. The number of rotatable bonds is 6. The molecule has 4 heteroatoms. The van der Waals surface area contributed by atoms with Crippen molar-refractivity contribution in [2.24, 2.45) is 0 Å². The first-order valence-electron chi connectivity index (χ1n) is 6.84. The Balaban J connectivity index is 1.99. The Morgan fingerprint density at radius 1 is 1.14 bits per heavy atom. The molecule has 1 unspecified atom stereocenters. The Morgan fingerprint density at radius 2 is 1.86 bits per heavy atom. The molecule has 0 fully saturated rings. The molecule has 110 valence electrons. The molecule has 0 amide bonds. The maximum Gasteiger partial charge on any atom is 0.321 e. The Hall–Kier alpha value is -2.33. The minimum Gasteiger partial charge on any atom is -0.508 e. The summed E-state index contributed by atoms with van der Waals surface area (Å²) in [6, 6.07) is 13.9. The maximum atomic E-state index is 11.3. The first-order chi connectivity index (χ1) is 10.0. The molecule has 0 aliphatic carbocycles. The van der Waals surface area contributed by atoms with E-state index in [1.165, 1.54) is 0 Å². The molecule has 1 atom stereocenters. The fraction of sp³-hybridized carbons (Fsp3) is 0.235. The van der Waals surface area contributed by atoms with E-state index in [2.05, 4.69) is 5.32 Å². The molecule has 0 saturated carbocycles. The molecule has 4 nitrogen and oxygen atoms in total. The molecule has 0 spiro atoms. The quantitative estimate of drug-likeness (QED) is 0.762. The Bertz CT molecular complexity index is 608. The minimum absolute atomic E-state index is 0.179. The number of nitrogens with one attached hydrogen (secondary N) is 1. The molecule has 2 aromatic carbocycles. The molecule has 3 N–H and O–H groups in total. The summed E-state index contributed by atoms with van der Waals surface area (Å²) in [5, 5.41) is 21.6. The smallest absolute Gasteiger partial charge is 0.321 e. The summed E-state index contributed by atoms with van der Waals surface area (Å²) in [4.78, 5) is 11.3. The van der Waals surface area contributed by atoms with Crippen molar-refractivity contribution >= 4 is 5.97 Å². The summed E-state index contributed by atoms with van der Waals surface area (Å²) in [6.07, 6.45) is 0.376. The summed E-state index contributed by atoms with van der Waals surface area (Å²) in [7, 11) is 0. The van der Waals surface area contributed by atoms with Gasteiger partial charge in [-0.15, -0.1) is 0 Å². The van der Waals surface area contributed by atoms with Crippen molar-refractivity contribution in [3.63, 3.8) is 0 Å². The third-order valence-electron chi connectivity index (χ3n) is 3.31. The number of aryl methyl sites for hydroxylation is 1. The fourth-order valence-corrected chi connectivity index (χ4v) is 2.18. The Kier molecular flexibility index (Phi) is 4.95. The molecule has 0 bridgehead atoms. The first-order valence-corrected chi connectivity index (χ1v) is 6.84. The number of aromatic hydroxyl groups is 1. The van der Waals surface area contributed by atoms with Crippen LogP contribution in [0.4, 0.5) is 0 Å². The van der Waals surface area contributed by atoms with Crippen LogP contribution < -0.4 is 5.32 Å². The van der Waals surface area contributed by atoms with Gasteiger partial charge in [0.2, 0.25) is 0 Å². The lowest BCUT2D eigenvalue weighted by Gasteiger charge is -2.15. The maximum absolute atomic E-state index is 11.3. The highest BCUT2D eigenvalue weighted by atomic mass is 16.4. The van der Waals surface area contributed by atoms with Crippen molar-refractivity contribution in [2.75, 3.05) is 0 Å². The number of carboxylic acid groups (broad SMARTS) is 1. The van der Waals surface area contributed by atoms with Gasteiger partial charge in [0, 0.05) is 6.54 Å². The highest BCUT2D eigenvalue weighted by molar-refractivity contribution is 5.73. The van der Waals surface area contributed by atoms with E-state index in [-0.39, 0.29) is 5.75 Å². The van der Waals surface area contributed by atoms with Crippen molar-refractivity contribution in [1.29, 1.82) is 0 Å². The molecular formula is C17H19NO3. The van der Waals surface area contributed by atoms with Gasteiger partial charge in [0.15, 0.2) is 0 Å². The molecule has 2 rings (SSSR count). The van der Waals surface area contributed by atoms with E-state index in [0.717, 1.165) is 16.7 Å². The summed E-state index contributed by atoms with van der Waals surface area (Å²) in [5.74, 6) is -0.700. The first kappa shape index (κ1) is 15.1. The van der Waals surface area contributed by atoms with Crippen LogP contribution in [0.3, 0.4) is 0 Å². The van der Waals surface area contributed by atoms with Gasteiger partial charge in [-0.3, -0.25) is 4.79 Å². The predicted molar refractivity (Wildman–Crippen MR) is 81.3 cm³/mol. The third kappa shape index (κ3) is 4.61. The van der Waals surface area contributed by atoms with Gasteiger partial charge < -0.3 is 15.5 Å². The van der Waals surface area contributed by atoms with Gasteiger partial charge in [0.25, 0.3) is 0 Å². The highest BCUT2D eigenvalue weighted by Crippen LogP contribution is 2.12. The molecule has 0 radical (unpaired) electrons. The van der Waals surface area contributed by atoms with Crippen LogP contribution in [0, 0.1) is 6.92 Å². The van der Waals surface area contributed by atoms with E-state index in [1.54, 1.807) is 24.3 Å². The van der Waals surface area contributed by atoms with E-state index in [0.29, 0.717) is 13.0 Å². The standard InChI is InChI=1S/C17H19NO3/c1-12-3-2-4-14(9-12)11-18-16(17(20)21)10-13-5-7-15(19)8-6-13/h2-9,16,18-19H,10-11H2,1H3,(H,20,21). The van der Waals surface area contributed by atoms with Crippen LogP contribution in [0.5, 0.6) is 5.75 Å². The number of carbonyl (C=O) groups is 1. The average Bonchev–Trinajstić information content (AvgIpc) is 2.45. The van der Waals surface area contributed by atoms with E-state index >= 15 is 0 Å². The van der Waals surface area contributed by atoms with E-state index in [1.807, 2.05) is 31.2 Å². The molecule has 0 saturated heterocycles. The number of phenolic OH excluding ortho intramolecular Hbond substituents is 1. The number of aliphatic carboxylic acids is 1. The van der Waals surface area contributed by atoms with Crippen LogP contribution in [0.15, 0.2) is 48.5 Å². The van der Waals surface area contributed by atoms with Crippen LogP contribution in [0.2, 0.25) is 0 Å². The largest absolute Gasteiger partial charge is 0.508 e. The van der Waals surface area contributed by atoms with Gasteiger partial charge in [-0.1, -0.05) is 42.0 Å². The van der Waals surface area contributed by atoms with Crippen LogP contribution in [0.25, 0.3) is 0 Å². The van der Waals surface area contributed by atoms with Crippen molar-refractivity contribution < 1.29 is 15.0 Å². The number of hydrogen-bond acceptors (Lipinski definition) is 3. The molecule has 0 aromatic heterocycles. The predicted octanol–water partition coefficient (Wildman–Crippen LogP) is 2.49. The van der Waals surface area contributed by atoms with Crippen molar-refractivity contribution in [2.45, 2.75) is 25.9 Å². The lowest BCUT2D eigenvalue weighted by Crippen LogP contribution is -2.38. The average molecular weight is 285 g/mol. The zero-order chi connectivity index (χ0) is 15.2. The SMILES string of the molecule is Cc1cccc(CNC(Cc2ccc(O)cc2)C(=O)O)c1. The lowest BCUT2D eigenvalue weighted by atomic mass is 10.1. The van der Waals surface area contributed by atoms with Crippen LogP contribution in [-0.4, -0.2) is 22.2 Å². The van der Waals surface area contributed by atoms with Gasteiger partial charge in [-0.05, 0) is 36.6 Å². The van der Waals surface area contributed by atoms with Crippen LogP contribution in [0.1, 0.15) is 16.7 Å². The summed E-state index contributed by atoms with van der Waals surface area (Å²) in [5.41, 5.74) is 3.09. The molecule has 0 heterocycles. The topological polar surface area (TPSA) is 69.6 Å². The zero-order valence-corrected chi connectivity index (χ0v) is 11.9. The number of benzene rings is 2. The van der Waals surface area contributed by atoms with E-state index in [4.69, 9.17) is 0 Å². The number of carboxylic acids is 1. The summed E-state index contributed by atoms with van der Waals surface area (Å²) >= 11 is 0. The van der Waals surface area contributed by atoms with Gasteiger partial charge in [-0.25, -0.2) is 0 Å². The molecular weight excluding hydrogens is 266 g/mol. The fourth-order valence-electron chi connectivity index (χ4n) is 2.18. The van der Waals surface area contributed by atoms with Gasteiger partial charge >= 0.3 is 5.97 Å². The normalized spacial score (nSPS) is 12.0. The lowest BCUT2D eigenvalue weighted by molar-refractivity contribution is -0.139.